The van der Waals surface area contributed by atoms with Gasteiger partial charge < -0.3 is 10.1 Å². The number of imidazole rings is 1. The molecule has 0 fully saturated rings. The first-order valence-corrected chi connectivity index (χ1v) is 6.19. The van der Waals surface area contributed by atoms with Crippen LogP contribution in [-0.2, 0) is 0 Å². The summed E-state index contributed by atoms with van der Waals surface area (Å²) in [5.74, 6) is 0.659. The molecule has 0 atom stereocenters. The number of amides is 1. The first kappa shape index (κ1) is 13.6. The van der Waals surface area contributed by atoms with Crippen molar-refractivity contribution in [1.29, 1.82) is 5.26 Å². The van der Waals surface area contributed by atoms with Gasteiger partial charge in [0.25, 0.3) is 0 Å². The lowest BCUT2D eigenvalue weighted by Gasteiger charge is -2.08. The molecule has 1 amide bonds. The predicted molar refractivity (Wildman–Crippen MR) is 73.4 cm³/mol. The summed E-state index contributed by atoms with van der Waals surface area (Å²) in [6.45, 7) is 0.479. The standard InChI is InChI=1S/C14H14N4O2/c15-6-1-2-9-20-13-5-3-4-12(10-13)17-14(19)18-8-7-16-11-18/h3-5,7-8,10-11H,1-2,9H2,(H,17,19). The lowest BCUT2D eigenvalue weighted by atomic mass is 10.3. The molecule has 2 rings (SSSR count). The Morgan fingerprint density at radius 1 is 1.50 bits per heavy atom. The molecule has 1 heterocycles. The third kappa shape index (κ3) is 3.85. The van der Waals surface area contributed by atoms with E-state index in [1.165, 1.54) is 17.1 Å². The van der Waals surface area contributed by atoms with Crippen LogP contribution >= 0.6 is 0 Å². The summed E-state index contributed by atoms with van der Waals surface area (Å²) in [6.07, 6.45) is 5.68. The number of aromatic nitrogens is 2. The highest BCUT2D eigenvalue weighted by Gasteiger charge is 2.04. The summed E-state index contributed by atoms with van der Waals surface area (Å²) in [6, 6.07) is 8.89. The van der Waals surface area contributed by atoms with Crippen molar-refractivity contribution in [3.63, 3.8) is 0 Å². The van der Waals surface area contributed by atoms with Gasteiger partial charge in [0, 0.05) is 30.6 Å². The van der Waals surface area contributed by atoms with Crippen molar-refractivity contribution in [1.82, 2.24) is 9.55 Å². The van der Waals surface area contributed by atoms with Crippen LogP contribution in [0.4, 0.5) is 10.5 Å². The summed E-state index contributed by atoms with van der Waals surface area (Å²) in [5.41, 5.74) is 0.640. The van der Waals surface area contributed by atoms with E-state index < -0.39 is 0 Å². The molecule has 0 saturated heterocycles. The minimum absolute atomic E-state index is 0.288. The highest BCUT2D eigenvalue weighted by molar-refractivity contribution is 5.91. The van der Waals surface area contributed by atoms with Crippen molar-refractivity contribution < 1.29 is 9.53 Å². The first-order valence-electron chi connectivity index (χ1n) is 6.19. The van der Waals surface area contributed by atoms with Crippen LogP contribution in [0, 0.1) is 11.3 Å². The van der Waals surface area contributed by atoms with Crippen LogP contribution in [0.3, 0.4) is 0 Å². The zero-order valence-electron chi connectivity index (χ0n) is 10.8. The summed E-state index contributed by atoms with van der Waals surface area (Å²) in [5, 5.41) is 11.2. The molecule has 0 aliphatic rings. The number of carbonyl (C=O) groups is 1. The van der Waals surface area contributed by atoms with Gasteiger partial charge in [-0.1, -0.05) is 6.07 Å². The van der Waals surface area contributed by atoms with Crippen LogP contribution in [0.1, 0.15) is 12.8 Å². The molecule has 20 heavy (non-hydrogen) atoms. The third-order valence-electron chi connectivity index (χ3n) is 2.53. The number of rotatable bonds is 5. The fourth-order valence-corrected chi connectivity index (χ4v) is 1.57. The maximum Gasteiger partial charge on any atom is 0.331 e. The fourth-order valence-electron chi connectivity index (χ4n) is 1.57. The summed E-state index contributed by atoms with van der Waals surface area (Å²) >= 11 is 0. The normalized spacial score (nSPS) is 9.75. The second kappa shape index (κ2) is 6.95. The number of carbonyl (C=O) groups excluding carboxylic acids is 1. The molecule has 0 aliphatic heterocycles. The monoisotopic (exact) mass is 270 g/mol. The van der Waals surface area contributed by atoms with E-state index in [1.54, 1.807) is 30.5 Å². The maximum absolute atomic E-state index is 11.8. The Labute approximate surface area is 116 Å². The third-order valence-corrected chi connectivity index (χ3v) is 2.53. The van der Waals surface area contributed by atoms with Gasteiger partial charge in [-0.05, 0) is 18.6 Å². The maximum atomic E-state index is 11.8. The van der Waals surface area contributed by atoms with Crippen molar-refractivity contribution in [2.45, 2.75) is 12.8 Å². The van der Waals surface area contributed by atoms with E-state index in [9.17, 15) is 4.79 Å². The molecule has 102 valence electrons. The molecule has 0 bridgehead atoms. The zero-order chi connectivity index (χ0) is 14.2. The number of anilines is 1. The van der Waals surface area contributed by atoms with E-state index in [1.807, 2.05) is 0 Å². The highest BCUT2D eigenvalue weighted by Crippen LogP contribution is 2.17. The van der Waals surface area contributed by atoms with Crippen LogP contribution in [0.5, 0.6) is 5.75 Å². The van der Waals surface area contributed by atoms with Gasteiger partial charge in [-0.15, -0.1) is 0 Å². The molecular weight excluding hydrogens is 256 g/mol. The van der Waals surface area contributed by atoms with Crippen LogP contribution in [0.15, 0.2) is 43.0 Å². The van der Waals surface area contributed by atoms with E-state index >= 15 is 0 Å². The summed E-state index contributed by atoms with van der Waals surface area (Å²) in [7, 11) is 0. The second-order valence-corrected chi connectivity index (χ2v) is 4.04. The Bertz CT molecular complexity index is 602. The number of hydrogen-bond donors (Lipinski definition) is 1. The molecule has 2 aromatic rings. The van der Waals surface area contributed by atoms with Crippen molar-refractivity contribution in [2.24, 2.45) is 0 Å². The van der Waals surface area contributed by atoms with E-state index in [-0.39, 0.29) is 6.03 Å². The average Bonchev–Trinajstić information content (AvgIpc) is 2.98. The number of unbranched alkanes of at least 4 members (excludes halogenated alkanes) is 1. The number of benzene rings is 1. The van der Waals surface area contributed by atoms with Gasteiger partial charge in [0.15, 0.2) is 0 Å². The molecule has 6 heteroatoms. The van der Waals surface area contributed by atoms with Crippen LogP contribution in [0.25, 0.3) is 0 Å². The Morgan fingerprint density at radius 3 is 3.15 bits per heavy atom. The lowest BCUT2D eigenvalue weighted by Crippen LogP contribution is -2.17. The largest absolute Gasteiger partial charge is 0.493 e. The molecule has 1 aromatic carbocycles. The average molecular weight is 270 g/mol. The number of ether oxygens (including phenoxy) is 1. The molecule has 6 nitrogen and oxygen atoms in total. The van der Waals surface area contributed by atoms with Crippen LogP contribution < -0.4 is 10.1 Å². The molecular formula is C14H14N4O2. The van der Waals surface area contributed by atoms with E-state index in [2.05, 4.69) is 16.4 Å². The number of nitriles is 1. The molecule has 0 aliphatic carbocycles. The lowest BCUT2D eigenvalue weighted by molar-refractivity contribution is 0.253. The second-order valence-electron chi connectivity index (χ2n) is 4.04. The zero-order valence-corrected chi connectivity index (χ0v) is 10.8. The van der Waals surface area contributed by atoms with E-state index in [0.717, 1.165) is 0 Å². The van der Waals surface area contributed by atoms with Crippen LogP contribution in [-0.4, -0.2) is 22.2 Å². The fraction of sp³-hybridized carbons (Fsp3) is 0.214. The molecule has 0 unspecified atom stereocenters. The van der Waals surface area contributed by atoms with Crippen molar-refractivity contribution >= 4 is 11.7 Å². The molecule has 0 radical (unpaired) electrons. The van der Waals surface area contributed by atoms with Gasteiger partial charge in [0.1, 0.15) is 12.1 Å². The number of nitrogens with one attached hydrogen (secondary N) is 1. The Kier molecular flexibility index (Phi) is 4.73. The summed E-state index contributed by atoms with van der Waals surface area (Å²) in [4.78, 5) is 15.6. The van der Waals surface area contributed by atoms with Crippen molar-refractivity contribution in [3.05, 3.63) is 43.0 Å². The van der Waals surface area contributed by atoms with Gasteiger partial charge in [-0.3, -0.25) is 4.57 Å². The van der Waals surface area contributed by atoms with Crippen molar-refractivity contribution in [3.8, 4) is 11.8 Å². The quantitative estimate of drug-likeness (QED) is 0.847. The smallest absolute Gasteiger partial charge is 0.331 e. The minimum Gasteiger partial charge on any atom is -0.493 e. The predicted octanol–water partition coefficient (Wildman–Crippen LogP) is 2.65. The van der Waals surface area contributed by atoms with Crippen molar-refractivity contribution in [2.75, 3.05) is 11.9 Å². The van der Waals surface area contributed by atoms with E-state index in [4.69, 9.17) is 10.00 Å². The van der Waals surface area contributed by atoms with Gasteiger partial charge >= 0.3 is 6.03 Å². The van der Waals surface area contributed by atoms with Crippen LogP contribution in [0.2, 0.25) is 0 Å². The van der Waals surface area contributed by atoms with Gasteiger partial charge in [-0.2, -0.15) is 5.26 Å². The number of nitrogens with zero attached hydrogens (tertiary/aromatic N) is 3. The minimum atomic E-state index is -0.288. The van der Waals surface area contributed by atoms with E-state index in [0.29, 0.717) is 30.9 Å². The molecule has 0 spiro atoms. The van der Waals surface area contributed by atoms with Gasteiger partial charge in [0.05, 0.1) is 12.7 Å². The highest BCUT2D eigenvalue weighted by atomic mass is 16.5. The summed E-state index contributed by atoms with van der Waals surface area (Å²) < 4.78 is 6.85. The van der Waals surface area contributed by atoms with Gasteiger partial charge in [0.2, 0.25) is 0 Å². The molecule has 1 aromatic heterocycles. The Balaban J connectivity index is 1.92. The molecule has 1 N–H and O–H groups in total. The van der Waals surface area contributed by atoms with Gasteiger partial charge in [-0.25, -0.2) is 9.78 Å². The number of hydrogen-bond acceptors (Lipinski definition) is 4. The Hall–Kier alpha value is -2.81. The SMILES string of the molecule is N#CCCCOc1cccc(NC(=O)n2ccnc2)c1. The molecule has 0 saturated carbocycles. The topological polar surface area (TPSA) is 79.9 Å². The first-order chi connectivity index (χ1) is 9.79. The Morgan fingerprint density at radius 2 is 2.40 bits per heavy atom.